The Balaban J connectivity index is 0.00000196. The summed E-state index contributed by atoms with van der Waals surface area (Å²) in [7, 11) is 1.87. The lowest BCUT2D eigenvalue weighted by Crippen LogP contribution is -2.48. The van der Waals surface area contributed by atoms with Crippen LogP contribution in [0.3, 0.4) is 0 Å². The first-order valence-electron chi connectivity index (χ1n) is 9.74. The van der Waals surface area contributed by atoms with Crippen LogP contribution in [-0.2, 0) is 13.0 Å². The predicted molar refractivity (Wildman–Crippen MR) is 114 cm³/mol. The standard InChI is InChI=1S/C18H31N7.HI/c1-12-9-24(15-5-6-15)11-16(12)21-18(19-3)20-8-14-4-7-17-23-22-13(2)25(17)10-14;/h12,14-16H,4-11H2,1-3H3,(H2,19,20,21);1H. The van der Waals surface area contributed by atoms with Gasteiger partial charge in [-0.25, -0.2) is 0 Å². The van der Waals surface area contributed by atoms with E-state index < -0.39 is 0 Å². The van der Waals surface area contributed by atoms with Gasteiger partial charge in [0.2, 0.25) is 0 Å². The van der Waals surface area contributed by atoms with Crippen molar-refractivity contribution in [2.75, 3.05) is 26.7 Å². The van der Waals surface area contributed by atoms with Gasteiger partial charge in [-0.05, 0) is 38.0 Å². The lowest BCUT2D eigenvalue weighted by Gasteiger charge is -2.26. The van der Waals surface area contributed by atoms with Gasteiger partial charge in [0.15, 0.2) is 5.96 Å². The fourth-order valence-electron chi connectivity index (χ4n) is 4.24. The van der Waals surface area contributed by atoms with E-state index in [1.807, 2.05) is 14.0 Å². The molecule has 1 saturated carbocycles. The predicted octanol–water partition coefficient (Wildman–Crippen LogP) is 1.41. The Hall–Kier alpha value is -0.900. The minimum atomic E-state index is 0. The van der Waals surface area contributed by atoms with Crippen molar-refractivity contribution in [3.8, 4) is 0 Å². The lowest BCUT2D eigenvalue weighted by atomic mass is 9.99. The van der Waals surface area contributed by atoms with E-state index >= 15 is 0 Å². The summed E-state index contributed by atoms with van der Waals surface area (Å²) in [5.41, 5.74) is 0. The molecule has 1 aliphatic carbocycles. The fraction of sp³-hybridized carbons (Fsp3) is 0.833. The van der Waals surface area contributed by atoms with E-state index in [0.717, 1.165) is 56.1 Å². The summed E-state index contributed by atoms with van der Waals surface area (Å²) in [4.78, 5) is 7.10. The maximum Gasteiger partial charge on any atom is 0.191 e. The number of fused-ring (bicyclic) bond motifs is 1. The number of likely N-dealkylation sites (tertiary alicyclic amines) is 1. The average Bonchev–Trinajstić information content (AvgIpc) is 3.32. The normalized spacial score (nSPS) is 29.2. The third-order valence-corrected chi connectivity index (χ3v) is 6.04. The third-order valence-electron chi connectivity index (χ3n) is 6.04. The highest BCUT2D eigenvalue weighted by molar-refractivity contribution is 14.0. The first kappa shape index (κ1) is 19.9. The maximum absolute atomic E-state index is 4.45. The van der Waals surface area contributed by atoms with Crippen molar-refractivity contribution in [3.63, 3.8) is 0 Å². The maximum atomic E-state index is 4.45. The highest BCUT2D eigenvalue weighted by Crippen LogP contribution is 2.31. The largest absolute Gasteiger partial charge is 0.356 e. The zero-order valence-electron chi connectivity index (χ0n) is 16.1. The zero-order valence-corrected chi connectivity index (χ0v) is 18.4. The molecule has 1 saturated heterocycles. The van der Waals surface area contributed by atoms with Gasteiger partial charge in [-0.15, -0.1) is 34.2 Å². The molecule has 2 fully saturated rings. The molecule has 3 unspecified atom stereocenters. The van der Waals surface area contributed by atoms with E-state index in [2.05, 4.69) is 42.2 Å². The van der Waals surface area contributed by atoms with Crippen LogP contribution < -0.4 is 10.6 Å². The Kier molecular flexibility index (Phi) is 6.42. The van der Waals surface area contributed by atoms with Crippen LogP contribution in [-0.4, -0.2) is 64.4 Å². The molecule has 2 aliphatic heterocycles. The number of aliphatic imine (C=N–C) groups is 1. The number of guanidine groups is 1. The summed E-state index contributed by atoms with van der Waals surface area (Å²) in [5, 5.41) is 15.7. The van der Waals surface area contributed by atoms with E-state index in [1.54, 1.807) is 0 Å². The van der Waals surface area contributed by atoms with Crippen LogP contribution in [0.15, 0.2) is 4.99 Å². The minimum Gasteiger partial charge on any atom is -0.356 e. The molecule has 7 nitrogen and oxygen atoms in total. The van der Waals surface area contributed by atoms with Gasteiger partial charge in [-0.3, -0.25) is 9.89 Å². The summed E-state index contributed by atoms with van der Waals surface area (Å²) in [5.74, 6) is 4.39. The summed E-state index contributed by atoms with van der Waals surface area (Å²) in [6, 6.07) is 1.36. The van der Waals surface area contributed by atoms with Crippen molar-refractivity contribution in [1.82, 2.24) is 30.3 Å². The van der Waals surface area contributed by atoms with Gasteiger partial charge in [0, 0.05) is 51.7 Å². The topological polar surface area (TPSA) is 70.4 Å². The molecule has 26 heavy (non-hydrogen) atoms. The van der Waals surface area contributed by atoms with Gasteiger partial charge >= 0.3 is 0 Å². The Morgan fingerprint density at radius 2 is 2.00 bits per heavy atom. The molecule has 146 valence electrons. The number of nitrogens with zero attached hydrogens (tertiary/aromatic N) is 5. The number of halogens is 1. The second kappa shape index (κ2) is 8.41. The van der Waals surface area contributed by atoms with Gasteiger partial charge in [-0.2, -0.15) is 0 Å². The summed E-state index contributed by atoms with van der Waals surface area (Å²) < 4.78 is 2.26. The Labute approximate surface area is 173 Å². The number of rotatable bonds is 4. The van der Waals surface area contributed by atoms with E-state index in [0.29, 0.717) is 17.9 Å². The fourth-order valence-corrected chi connectivity index (χ4v) is 4.24. The minimum absolute atomic E-state index is 0. The smallest absolute Gasteiger partial charge is 0.191 e. The van der Waals surface area contributed by atoms with Crippen molar-refractivity contribution < 1.29 is 0 Å². The zero-order chi connectivity index (χ0) is 17.4. The Morgan fingerprint density at radius 1 is 1.19 bits per heavy atom. The lowest BCUT2D eigenvalue weighted by molar-refractivity contribution is 0.315. The molecule has 0 radical (unpaired) electrons. The molecule has 0 spiro atoms. The van der Waals surface area contributed by atoms with Crippen LogP contribution in [0.1, 0.15) is 37.8 Å². The third kappa shape index (κ3) is 4.32. The van der Waals surface area contributed by atoms with E-state index in [4.69, 9.17) is 0 Å². The molecular weight excluding hydrogens is 441 g/mol. The number of hydrogen-bond donors (Lipinski definition) is 2. The highest BCUT2D eigenvalue weighted by Gasteiger charge is 2.38. The van der Waals surface area contributed by atoms with E-state index in [1.165, 1.54) is 19.4 Å². The van der Waals surface area contributed by atoms with Crippen molar-refractivity contribution >= 4 is 29.9 Å². The number of hydrogen-bond acceptors (Lipinski definition) is 4. The molecule has 0 amide bonds. The molecule has 3 aliphatic rings. The van der Waals surface area contributed by atoms with Gasteiger partial charge in [-0.1, -0.05) is 6.92 Å². The molecular formula is C18H32IN7. The van der Waals surface area contributed by atoms with Crippen molar-refractivity contribution in [2.24, 2.45) is 16.8 Å². The van der Waals surface area contributed by atoms with Gasteiger partial charge in [0.1, 0.15) is 11.6 Å². The molecule has 2 N–H and O–H groups in total. The second-order valence-electron chi connectivity index (χ2n) is 8.05. The van der Waals surface area contributed by atoms with Crippen molar-refractivity contribution in [3.05, 3.63) is 11.6 Å². The SMILES string of the molecule is CN=C(NCC1CCc2nnc(C)n2C1)NC1CN(C2CC2)CC1C.I. The Bertz CT molecular complexity index is 639. The molecule has 1 aromatic rings. The first-order valence-corrected chi connectivity index (χ1v) is 9.74. The first-order chi connectivity index (χ1) is 12.1. The van der Waals surface area contributed by atoms with Crippen molar-refractivity contribution in [1.29, 1.82) is 0 Å². The van der Waals surface area contributed by atoms with Gasteiger partial charge < -0.3 is 15.2 Å². The van der Waals surface area contributed by atoms with Crippen LogP contribution >= 0.6 is 24.0 Å². The van der Waals surface area contributed by atoms with Crippen LogP contribution in [0.5, 0.6) is 0 Å². The van der Waals surface area contributed by atoms with Crippen molar-refractivity contribution in [2.45, 2.75) is 58.2 Å². The molecule has 8 heteroatoms. The molecule has 3 heterocycles. The molecule has 4 rings (SSSR count). The average molecular weight is 473 g/mol. The number of aryl methyl sites for hydroxylation is 2. The summed E-state index contributed by atoms with van der Waals surface area (Å²) in [6.45, 7) is 8.72. The van der Waals surface area contributed by atoms with E-state index in [9.17, 15) is 0 Å². The van der Waals surface area contributed by atoms with Crippen LogP contribution in [0, 0.1) is 18.8 Å². The summed E-state index contributed by atoms with van der Waals surface area (Å²) in [6.07, 6.45) is 4.96. The van der Waals surface area contributed by atoms with Gasteiger partial charge in [0.05, 0.1) is 0 Å². The number of nitrogens with one attached hydrogen (secondary N) is 2. The monoisotopic (exact) mass is 473 g/mol. The van der Waals surface area contributed by atoms with Crippen LogP contribution in [0.4, 0.5) is 0 Å². The van der Waals surface area contributed by atoms with Crippen LogP contribution in [0.25, 0.3) is 0 Å². The molecule has 0 aromatic carbocycles. The molecule has 0 bridgehead atoms. The van der Waals surface area contributed by atoms with Gasteiger partial charge in [0.25, 0.3) is 0 Å². The van der Waals surface area contributed by atoms with E-state index in [-0.39, 0.29) is 24.0 Å². The highest BCUT2D eigenvalue weighted by atomic mass is 127. The molecule has 3 atom stereocenters. The second-order valence-corrected chi connectivity index (χ2v) is 8.05. The summed E-state index contributed by atoms with van der Waals surface area (Å²) >= 11 is 0. The number of aromatic nitrogens is 3. The quantitative estimate of drug-likeness (QED) is 0.393. The molecule has 1 aromatic heterocycles. The Morgan fingerprint density at radius 3 is 2.73 bits per heavy atom. The van der Waals surface area contributed by atoms with Crippen LogP contribution in [0.2, 0.25) is 0 Å².